The number of rotatable bonds is 5. The molecule has 2 heterocycles. The molecule has 0 bridgehead atoms. The van der Waals surface area contributed by atoms with Crippen LogP contribution in [0.1, 0.15) is 42.6 Å². The largest absolute Gasteiger partial charge is 0.416 e. The standard InChI is InChI=1S/C21H21F3N4O/c1-12(15-4-3-5-16(8-15)21(22,23)24)25-20-18-11-28(10-14-6-7-14)19(29)9-17(18)13(2)26-27-20/h3-5,8-9,11-12,14H,6-7,10H2,1-2H3,(H,25,27)/t12-/m1/s1. The van der Waals surface area contributed by atoms with Gasteiger partial charge in [0.25, 0.3) is 5.56 Å². The number of alkyl halides is 3. The monoisotopic (exact) mass is 402 g/mol. The van der Waals surface area contributed by atoms with Gasteiger partial charge in [-0.2, -0.15) is 18.3 Å². The summed E-state index contributed by atoms with van der Waals surface area (Å²) in [5, 5.41) is 12.9. The average Bonchev–Trinajstić information content (AvgIpc) is 3.49. The molecule has 1 saturated carbocycles. The minimum atomic E-state index is -4.40. The summed E-state index contributed by atoms with van der Waals surface area (Å²) in [4.78, 5) is 12.4. The molecule has 1 aromatic carbocycles. The van der Waals surface area contributed by atoms with E-state index in [1.54, 1.807) is 36.7 Å². The second kappa shape index (κ2) is 7.17. The summed E-state index contributed by atoms with van der Waals surface area (Å²) >= 11 is 0. The molecule has 0 amide bonds. The summed E-state index contributed by atoms with van der Waals surface area (Å²) in [6.45, 7) is 4.21. The van der Waals surface area contributed by atoms with Crippen molar-refractivity contribution in [2.45, 2.75) is 45.5 Å². The molecule has 0 unspecified atom stereocenters. The lowest BCUT2D eigenvalue weighted by Crippen LogP contribution is -2.20. The fraction of sp³-hybridized carbons (Fsp3) is 0.381. The molecule has 0 saturated heterocycles. The molecule has 4 rings (SSSR count). The normalized spacial score (nSPS) is 15.5. The molecule has 8 heteroatoms. The van der Waals surface area contributed by atoms with Gasteiger partial charge in [-0.1, -0.05) is 12.1 Å². The first kappa shape index (κ1) is 19.4. The van der Waals surface area contributed by atoms with Crippen molar-refractivity contribution >= 4 is 16.6 Å². The number of pyridine rings is 1. The Hall–Kier alpha value is -2.90. The minimum Gasteiger partial charge on any atom is -0.361 e. The Bertz CT molecular complexity index is 1120. The third-order valence-corrected chi connectivity index (χ3v) is 5.29. The van der Waals surface area contributed by atoms with Crippen LogP contribution in [0.2, 0.25) is 0 Å². The molecule has 3 aromatic rings. The fourth-order valence-corrected chi connectivity index (χ4v) is 3.39. The SMILES string of the molecule is Cc1nnc(N[C@H](C)c2cccc(C(F)(F)F)c2)c2cn(CC3CC3)c(=O)cc12. The Morgan fingerprint density at radius 1 is 1.21 bits per heavy atom. The van der Waals surface area contributed by atoms with E-state index in [1.165, 1.54) is 6.07 Å². The number of fused-ring (bicyclic) bond motifs is 1. The van der Waals surface area contributed by atoms with Gasteiger partial charge >= 0.3 is 6.18 Å². The molecule has 1 aliphatic carbocycles. The van der Waals surface area contributed by atoms with E-state index in [-0.39, 0.29) is 5.56 Å². The van der Waals surface area contributed by atoms with Crippen LogP contribution in [0.3, 0.4) is 0 Å². The molecule has 29 heavy (non-hydrogen) atoms. The summed E-state index contributed by atoms with van der Waals surface area (Å²) in [5.41, 5.74) is 0.341. The first-order chi connectivity index (χ1) is 13.7. The highest BCUT2D eigenvalue weighted by Gasteiger charge is 2.30. The summed E-state index contributed by atoms with van der Waals surface area (Å²) in [6.07, 6.45) is -0.380. The zero-order chi connectivity index (χ0) is 20.8. The van der Waals surface area contributed by atoms with Crippen molar-refractivity contribution < 1.29 is 13.2 Å². The van der Waals surface area contributed by atoms with Crippen LogP contribution >= 0.6 is 0 Å². The molecule has 1 N–H and O–H groups in total. The molecule has 1 fully saturated rings. The zero-order valence-corrected chi connectivity index (χ0v) is 16.1. The number of nitrogens with zero attached hydrogens (tertiary/aromatic N) is 3. The molecule has 1 aliphatic rings. The van der Waals surface area contributed by atoms with Gasteiger partial charge in [-0.15, -0.1) is 5.10 Å². The van der Waals surface area contributed by atoms with Crippen molar-refractivity contribution in [1.29, 1.82) is 0 Å². The van der Waals surface area contributed by atoms with Gasteiger partial charge in [0.15, 0.2) is 5.82 Å². The highest BCUT2D eigenvalue weighted by Crippen LogP contribution is 2.33. The van der Waals surface area contributed by atoms with Gasteiger partial charge < -0.3 is 9.88 Å². The van der Waals surface area contributed by atoms with Crippen LogP contribution in [0.25, 0.3) is 10.8 Å². The van der Waals surface area contributed by atoms with E-state index in [0.717, 1.165) is 30.4 Å². The van der Waals surface area contributed by atoms with Crippen molar-refractivity contribution in [3.05, 3.63) is 63.7 Å². The molecule has 0 spiro atoms. The lowest BCUT2D eigenvalue weighted by atomic mass is 10.0. The molecule has 0 aliphatic heterocycles. The van der Waals surface area contributed by atoms with E-state index in [9.17, 15) is 18.0 Å². The van der Waals surface area contributed by atoms with Crippen LogP contribution in [0, 0.1) is 12.8 Å². The first-order valence-corrected chi connectivity index (χ1v) is 9.53. The second-order valence-corrected chi connectivity index (χ2v) is 7.66. The second-order valence-electron chi connectivity index (χ2n) is 7.66. The lowest BCUT2D eigenvalue weighted by molar-refractivity contribution is -0.137. The third kappa shape index (κ3) is 4.11. The summed E-state index contributed by atoms with van der Waals surface area (Å²) in [5.74, 6) is 0.974. The number of halogens is 3. The number of aromatic nitrogens is 3. The van der Waals surface area contributed by atoms with E-state index in [2.05, 4.69) is 15.5 Å². The van der Waals surface area contributed by atoms with E-state index in [1.807, 2.05) is 0 Å². The predicted octanol–water partition coefficient (Wildman–Crippen LogP) is 4.70. The number of aryl methyl sites for hydroxylation is 1. The van der Waals surface area contributed by atoms with Gasteiger partial charge in [0.2, 0.25) is 0 Å². The lowest BCUT2D eigenvalue weighted by Gasteiger charge is -2.18. The van der Waals surface area contributed by atoms with Crippen molar-refractivity contribution in [3.63, 3.8) is 0 Å². The van der Waals surface area contributed by atoms with E-state index in [0.29, 0.717) is 34.9 Å². The Kier molecular flexibility index (Phi) is 4.80. The van der Waals surface area contributed by atoms with Crippen LogP contribution in [-0.2, 0) is 12.7 Å². The van der Waals surface area contributed by atoms with Crippen LogP contribution in [0.15, 0.2) is 41.3 Å². The number of hydrogen-bond donors (Lipinski definition) is 1. The van der Waals surface area contributed by atoms with Gasteiger partial charge in [0.1, 0.15) is 0 Å². The zero-order valence-electron chi connectivity index (χ0n) is 16.1. The highest BCUT2D eigenvalue weighted by atomic mass is 19.4. The summed E-state index contributed by atoms with van der Waals surface area (Å²) in [6, 6.07) is 6.34. The van der Waals surface area contributed by atoms with E-state index in [4.69, 9.17) is 0 Å². The minimum absolute atomic E-state index is 0.0858. The maximum Gasteiger partial charge on any atom is 0.416 e. The van der Waals surface area contributed by atoms with Gasteiger partial charge in [0.05, 0.1) is 17.3 Å². The smallest absolute Gasteiger partial charge is 0.361 e. The van der Waals surface area contributed by atoms with E-state index < -0.39 is 17.8 Å². The molecule has 0 radical (unpaired) electrons. The number of benzene rings is 1. The van der Waals surface area contributed by atoms with Crippen molar-refractivity contribution in [2.24, 2.45) is 5.92 Å². The Balaban J connectivity index is 1.70. The molecular formula is C21H21F3N4O. The van der Waals surface area contributed by atoms with Crippen LogP contribution in [-0.4, -0.2) is 14.8 Å². The van der Waals surface area contributed by atoms with Gasteiger partial charge in [-0.3, -0.25) is 4.79 Å². The van der Waals surface area contributed by atoms with Gasteiger partial charge in [0, 0.05) is 29.6 Å². The third-order valence-electron chi connectivity index (χ3n) is 5.29. The van der Waals surface area contributed by atoms with Crippen LogP contribution in [0.4, 0.5) is 19.0 Å². The Morgan fingerprint density at radius 2 is 1.97 bits per heavy atom. The maximum atomic E-state index is 13.0. The quantitative estimate of drug-likeness (QED) is 0.672. The molecular weight excluding hydrogens is 381 g/mol. The molecule has 152 valence electrons. The summed E-state index contributed by atoms with van der Waals surface area (Å²) in [7, 11) is 0. The molecule has 5 nitrogen and oxygen atoms in total. The first-order valence-electron chi connectivity index (χ1n) is 9.53. The van der Waals surface area contributed by atoms with E-state index >= 15 is 0 Å². The number of nitrogens with one attached hydrogen (secondary N) is 1. The predicted molar refractivity (Wildman–Crippen MR) is 105 cm³/mol. The van der Waals surface area contributed by atoms with Crippen LogP contribution < -0.4 is 10.9 Å². The van der Waals surface area contributed by atoms with Crippen molar-refractivity contribution in [2.75, 3.05) is 5.32 Å². The highest BCUT2D eigenvalue weighted by molar-refractivity contribution is 5.92. The van der Waals surface area contributed by atoms with Crippen molar-refractivity contribution in [3.8, 4) is 0 Å². The maximum absolute atomic E-state index is 13.0. The van der Waals surface area contributed by atoms with Gasteiger partial charge in [-0.25, -0.2) is 0 Å². The average molecular weight is 402 g/mol. The topological polar surface area (TPSA) is 59.8 Å². The molecule has 2 aromatic heterocycles. The number of hydrogen-bond acceptors (Lipinski definition) is 4. The van der Waals surface area contributed by atoms with Gasteiger partial charge in [-0.05, 0) is 50.3 Å². The van der Waals surface area contributed by atoms with Crippen molar-refractivity contribution in [1.82, 2.24) is 14.8 Å². The number of anilines is 1. The Labute approximate surface area is 165 Å². The Morgan fingerprint density at radius 3 is 2.66 bits per heavy atom. The summed E-state index contributed by atoms with van der Waals surface area (Å²) < 4.78 is 40.8. The fourth-order valence-electron chi connectivity index (χ4n) is 3.39. The van der Waals surface area contributed by atoms with Crippen LogP contribution in [0.5, 0.6) is 0 Å². The molecule has 1 atom stereocenters.